The minimum absolute atomic E-state index is 0.0135. The Kier molecular flexibility index (Phi) is 4.45. The highest BCUT2D eigenvalue weighted by Crippen LogP contribution is 2.28. The fraction of sp³-hybridized carbons (Fsp3) is 0.364. The van der Waals surface area contributed by atoms with E-state index in [1.165, 1.54) is 6.07 Å². The number of nitro groups is 1. The van der Waals surface area contributed by atoms with Gasteiger partial charge in [0.2, 0.25) is 0 Å². The molecule has 0 aromatic heterocycles. The first kappa shape index (κ1) is 13.4. The lowest BCUT2D eigenvalue weighted by molar-refractivity contribution is -0.384. The number of nitro benzene ring substituents is 1. The molecule has 0 N–H and O–H groups in total. The van der Waals surface area contributed by atoms with Crippen molar-refractivity contribution in [3.63, 3.8) is 0 Å². The van der Waals surface area contributed by atoms with Gasteiger partial charge in [-0.3, -0.25) is 10.1 Å². The first-order valence-electron chi connectivity index (χ1n) is 5.09. The molecule has 0 radical (unpaired) electrons. The first-order valence-corrected chi connectivity index (χ1v) is 5.46. The fourth-order valence-electron chi connectivity index (χ4n) is 1.29. The van der Waals surface area contributed by atoms with Gasteiger partial charge in [0.05, 0.1) is 17.1 Å². The van der Waals surface area contributed by atoms with Gasteiger partial charge in [-0.2, -0.15) is 0 Å². The predicted molar refractivity (Wildman–Crippen MR) is 63.4 cm³/mol. The molecule has 17 heavy (non-hydrogen) atoms. The number of hydrogen-bond donors (Lipinski definition) is 0. The third-order valence-electron chi connectivity index (χ3n) is 2.15. The molecule has 1 aromatic rings. The molecule has 6 heteroatoms. The summed E-state index contributed by atoms with van der Waals surface area (Å²) in [5.74, 6) is -0.566. The Labute approximate surface area is 103 Å². The van der Waals surface area contributed by atoms with E-state index in [9.17, 15) is 14.9 Å². The van der Waals surface area contributed by atoms with Crippen molar-refractivity contribution in [1.82, 2.24) is 0 Å². The number of rotatable bonds is 4. The van der Waals surface area contributed by atoms with Crippen molar-refractivity contribution in [3.05, 3.63) is 38.4 Å². The monoisotopic (exact) mass is 257 g/mol. The Bertz CT molecular complexity index is 459. The zero-order chi connectivity index (χ0) is 13.0. The van der Waals surface area contributed by atoms with E-state index in [-0.39, 0.29) is 22.9 Å². The highest BCUT2D eigenvalue weighted by Gasteiger charge is 2.19. The molecule has 0 amide bonds. The highest BCUT2D eigenvalue weighted by molar-refractivity contribution is 6.32. The van der Waals surface area contributed by atoms with Crippen LogP contribution in [0.25, 0.3) is 0 Å². The van der Waals surface area contributed by atoms with Crippen molar-refractivity contribution < 1.29 is 14.5 Å². The molecule has 1 aromatic carbocycles. The minimum atomic E-state index is -0.627. The van der Waals surface area contributed by atoms with Crippen molar-refractivity contribution >= 4 is 23.3 Å². The maximum absolute atomic E-state index is 11.6. The standard InChI is InChI=1S/C11H12ClNO4/c1-3-4-17-11(14)8-6-10(13(15)16)9(12)5-7(8)2/h5-6H,3-4H2,1-2H3. The Balaban J connectivity index is 3.11. The average Bonchev–Trinajstić information content (AvgIpc) is 2.25. The van der Waals surface area contributed by atoms with Crippen LogP contribution in [0, 0.1) is 17.0 Å². The third-order valence-corrected chi connectivity index (χ3v) is 2.45. The second kappa shape index (κ2) is 5.63. The number of aryl methyl sites for hydroxylation is 1. The summed E-state index contributed by atoms with van der Waals surface area (Å²) in [4.78, 5) is 21.7. The number of ether oxygens (including phenoxy) is 1. The van der Waals surface area contributed by atoms with E-state index < -0.39 is 10.9 Å². The maximum atomic E-state index is 11.6. The van der Waals surface area contributed by atoms with Crippen molar-refractivity contribution in [1.29, 1.82) is 0 Å². The van der Waals surface area contributed by atoms with Gasteiger partial charge in [-0.1, -0.05) is 18.5 Å². The van der Waals surface area contributed by atoms with E-state index in [1.54, 1.807) is 6.92 Å². The van der Waals surface area contributed by atoms with Crippen LogP contribution in [0.4, 0.5) is 5.69 Å². The largest absolute Gasteiger partial charge is 0.462 e. The van der Waals surface area contributed by atoms with Crippen molar-refractivity contribution in [2.45, 2.75) is 20.3 Å². The van der Waals surface area contributed by atoms with Crippen LogP contribution in [0.1, 0.15) is 29.3 Å². The molecule has 0 aliphatic carbocycles. The summed E-state index contributed by atoms with van der Waals surface area (Å²) in [5, 5.41) is 10.7. The van der Waals surface area contributed by atoms with Gasteiger partial charge in [-0.05, 0) is 25.0 Å². The summed E-state index contributed by atoms with van der Waals surface area (Å²) in [7, 11) is 0. The first-order chi connectivity index (χ1) is 7.97. The number of benzene rings is 1. The van der Waals surface area contributed by atoms with Gasteiger partial charge in [-0.15, -0.1) is 0 Å². The number of nitrogens with zero attached hydrogens (tertiary/aromatic N) is 1. The van der Waals surface area contributed by atoms with Gasteiger partial charge < -0.3 is 4.74 Å². The lowest BCUT2D eigenvalue weighted by Gasteiger charge is -2.06. The summed E-state index contributed by atoms with van der Waals surface area (Å²) in [5.41, 5.74) is 0.442. The van der Waals surface area contributed by atoms with Crippen molar-refractivity contribution in [2.24, 2.45) is 0 Å². The highest BCUT2D eigenvalue weighted by atomic mass is 35.5. The van der Waals surface area contributed by atoms with Gasteiger partial charge in [0, 0.05) is 6.07 Å². The molecule has 5 nitrogen and oxygen atoms in total. The summed E-state index contributed by atoms with van der Waals surface area (Å²) in [6.07, 6.45) is 0.695. The molecular weight excluding hydrogens is 246 g/mol. The predicted octanol–water partition coefficient (Wildman–Crippen LogP) is 3.12. The molecule has 0 saturated carbocycles. The van der Waals surface area contributed by atoms with Crippen LogP contribution in [0.3, 0.4) is 0 Å². The molecule has 0 atom stereocenters. The Morgan fingerprint density at radius 1 is 1.53 bits per heavy atom. The Hall–Kier alpha value is -1.62. The summed E-state index contributed by atoms with van der Waals surface area (Å²) < 4.78 is 4.93. The van der Waals surface area contributed by atoms with E-state index in [2.05, 4.69) is 0 Å². The molecule has 0 aliphatic rings. The molecule has 0 bridgehead atoms. The molecule has 0 fully saturated rings. The van der Waals surface area contributed by atoms with Crippen molar-refractivity contribution in [2.75, 3.05) is 6.61 Å². The minimum Gasteiger partial charge on any atom is -0.462 e. The van der Waals surface area contributed by atoms with Crippen LogP contribution in [0.5, 0.6) is 0 Å². The van der Waals surface area contributed by atoms with Crippen LogP contribution in [-0.4, -0.2) is 17.5 Å². The average molecular weight is 258 g/mol. The van der Waals surface area contributed by atoms with Crippen LogP contribution in [0.15, 0.2) is 12.1 Å². The molecular formula is C11H12ClNO4. The normalized spacial score (nSPS) is 10.1. The van der Waals surface area contributed by atoms with Gasteiger partial charge >= 0.3 is 5.97 Å². The summed E-state index contributed by atoms with van der Waals surface area (Å²) in [6, 6.07) is 2.54. The summed E-state index contributed by atoms with van der Waals surface area (Å²) >= 11 is 5.71. The number of hydrogen-bond acceptors (Lipinski definition) is 4. The van der Waals surface area contributed by atoms with Crippen LogP contribution >= 0.6 is 11.6 Å². The molecule has 0 aliphatic heterocycles. The fourth-order valence-corrected chi connectivity index (χ4v) is 1.58. The molecule has 0 heterocycles. The quantitative estimate of drug-likeness (QED) is 0.472. The molecule has 0 spiro atoms. The third kappa shape index (κ3) is 3.17. The zero-order valence-electron chi connectivity index (χ0n) is 9.53. The SMILES string of the molecule is CCCOC(=O)c1cc([N+](=O)[O-])c(Cl)cc1C. The Morgan fingerprint density at radius 3 is 2.71 bits per heavy atom. The van der Waals surface area contributed by atoms with E-state index in [1.807, 2.05) is 6.92 Å². The molecule has 0 saturated heterocycles. The Morgan fingerprint density at radius 2 is 2.18 bits per heavy atom. The van der Waals surface area contributed by atoms with Gasteiger partial charge in [0.1, 0.15) is 5.02 Å². The molecule has 1 rings (SSSR count). The van der Waals surface area contributed by atoms with E-state index in [4.69, 9.17) is 16.3 Å². The van der Waals surface area contributed by atoms with Gasteiger partial charge in [0.25, 0.3) is 5.69 Å². The second-order valence-electron chi connectivity index (χ2n) is 3.51. The maximum Gasteiger partial charge on any atom is 0.338 e. The zero-order valence-corrected chi connectivity index (χ0v) is 10.3. The van der Waals surface area contributed by atoms with Crippen LogP contribution in [0.2, 0.25) is 5.02 Å². The van der Waals surface area contributed by atoms with E-state index in [0.29, 0.717) is 12.0 Å². The van der Waals surface area contributed by atoms with Gasteiger partial charge in [0.15, 0.2) is 0 Å². The smallest absolute Gasteiger partial charge is 0.338 e. The number of esters is 1. The topological polar surface area (TPSA) is 69.4 Å². The summed E-state index contributed by atoms with van der Waals surface area (Å²) in [6.45, 7) is 3.80. The lowest BCUT2D eigenvalue weighted by Crippen LogP contribution is -2.08. The number of halogens is 1. The molecule has 0 unspecified atom stereocenters. The van der Waals surface area contributed by atoms with Gasteiger partial charge in [-0.25, -0.2) is 4.79 Å². The van der Waals surface area contributed by atoms with Crippen molar-refractivity contribution in [3.8, 4) is 0 Å². The second-order valence-corrected chi connectivity index (χ2v) is 3.92. The van der Waals surface area contributed by atoms with Crippen LogP contribution in [-0.2, 0) is 4.74 Å². The number of carbonyl (C=O) groups is 1. The van der Waals surface area contributed by atoms with E-state index in [0.717, 1.165) is 6.07 Å². The van der Waals surface area contributed by atoms with E-state index >= 15 is 0 Å². The molecule has 92 valence electrons. The number of carbonyl (C=O) groups excluding carboxylic acids is 1. The van der Waals surface area contributed by atoms with Crippen LogP contribution < -0.4 is 0 Å². The lowest BCUT2D eigenvalue weighted by atomic mass is 10.1.